The summed E-state index contributed by atoms with van der Waals surface area (Å²) in [6.45, 7) is 0. The second kappa shape index (κ2) is 6.96. The number of carbonyl (C=O) groups is 1. The van der Waals surface area contributed by atoms with Crippen LogP contribution in [0.4, 0.5) is 0 Å². The Kier molecular flexibility index (Phi) is 5.58. The van der Waals surface area contributed by atoms with Gasteiger partial charge in [0, 0.05) is 25.2 Å². The molecule has 0 amide bonds. The number of ether oxygens (including phenoxy) is 2. The van der Waals surface area contributed by atoms with Crippen LogP contribution in [-0.4, -0.2) is 39.2 Å². The van der Waals surface area contributed by atoms with Crippen molar-refractivity contribution in [2.24, 2.45) is 0 Å². The highest BCUT2D eigenvalue weighted by Gasteiger charge is 2.12. The smallest absolute Gasteiger partial charge is 0.346 e. The summed E-state index contributed by atoms with van der Waals surface area (Å²) in [5.41, 5.74) is 0. The minimum Gasteiger partial charge on any atom is -0.497 e. The molecule has 0 aliphatic heterocycles. The van der Waals surface area contributed by atoms with Crippen LogP contribution in [0.15, 0.2) is 40.3 Å². The van der Waals surface area contributed by atoms with Crippen molar-refractivity contribution in [2.45, 2.75) is 4.90 Å². The van der Waals surface area contributed by atoms with Crippen molar-refractivity contribution >= 4 is 17.7 Å². The number of nitrogens with zero attached hydrogens (tertiary/aromatic N) is 1. The van der Waals surface area contributed by atoms with Gasteiger partial charge >= 0.3 is 5.97 Å². The molecule has 18 heavy (non-hydrogen) atoms. The van der Waals surface area contributed by atoms with Gasteiger partial charge in [0.1, 0.15) is 10.7 Å². The van der Waals surface area contributed by atoms with E-state index < -0.39 is 0 Å². The summed E-state index contributed by atoms with van der Waals surface area (Å²) in [6, 6.07) is 7.53. The van der Waals surface area contributed by atoms with E-state index in [2.05, 4.69) is 0 Å². The zero-order valence-corrected chi connectivity index (χ0v) is 11.8. The maximum Gasteiger partial charge on any atom is 0.346 e. The molecule has 0 aromatic heterocycles. The molecule has 1 aromatic carbocycles. The van der Waals surface area contributed by atoms with Crippen molar-refractivity contribution in [3.63, 3.8) is 0 Å². The highest BCUT2D eigenvalue weighted by Crippen LogP contribution is 2.29. The van der Waals surface area contributed by atoms with E-state index in [9.17, 15) is 4.79 Å². The Morgan fingerprint density at radius 1 is 1.33 bits per heavy atom. The van der Waals surface area contributed by atoms with Gasteiger partial charge in [-0.2, -0.15) is 0 Å². The van der Waals surface area contributed by atoms with Gasteiger partial charge in [-0.1, -0.05) is 17.8 Å². The third-order valence-corrected chi connectivity index (χ3v) is 3.01. The van der Waals surface area contributed by atoms with E-state index in [1.165, 1.54) is 18.9 Å². The minimum absolute atomic E-state index is 0.350. The van der Waals surface area contributed by atoms with Gasteiger partial charge in [0.05, 0.1) is 14.2 Å². The van der Waals surface area contributed by atoms with Gasteiger partial charge in [0.25, 0.3) is 0 Å². The number of methoxy groups -OCH3 is 2. The second-order valence-corrected chi connectivity index (χ2v) is 4.84. The van der Waals surface area contributed by atoms with Crippen LogP contribution in [0, 0.1) is 0 Å². The molecular weight excluding hydrogens is 250 g/mol. The Labute approximate surface area is 112 Å². The van der Waals surface area contributed by atoms with E-state index in [0.29, 0.717) is 4.91 Å². The first-order valence-electron chi connectivity index (χ1n) is 5.35. The van der Waals surface area contributed by atoms with Crippen molar-refractivity contribution in [1.82, 2.24) is 4.90 Å². The van der Waals surface area contributed by atoms with Crippen LogP contribution in [0.2, 0.25) is 0 Å². The first-order chi connectivity index (χ1) is 8.56. The molecule has 0 spiro atoms. The normalized spacial score (nSPS) is 11.0. The Morgan fingerprint density at radius 2 is 2.06 bits per heavy atom. The number of esters is 1. The maximum atomic E-state index is 11.6. The zero-order valence-electron chi connectivity index (χ0n) is 11.0. The summed E-state index contributed by atoms with van der Waals surface area (Å²) in [6.07, 6.45) is 1.73. The average Bonchev–Trinajstić information content (AvgIpc) is 2.36. The summed E-state index contributed by atoms with van der Waals surface area (Å²) in [5, 5.41) is 0. The van der Waals surface area contributed by atoms with Gasteiger partial charge < -0.3 is 14.4 Å². The fourth-order valence-corrected chi connectivity index (χ4v) is 2.25. The molecule has 1 aromatic rings. The standard InChI is InChI=1S/C13H17NO3S/c1-14(2)9-12(13(15)17-4)18-11-7-5-6-10(8-11)16-3/h5-9H,1-4H3. The van der Waals surface area contributed by atoms with Gasteiger partial charge in [0.2, 0.25) is 0 Å². The Bertz CT molecular complexity index is 444. The molecule has 98 valence electrons. The fourth-order valence-electron chi connectivity index (χ4n) is 1.25. The lowest BCUT2D eigenvalue weighted by atomic mass is 10.3. The van der Waals surface area contributed by atoms with Crippen LogP contribution < -0.4 is 4.74 Å². The molecule has 4 nitrogen and oxygen atoms in total. The number of hydrogen-bond acceptors (Lipinski definition) is 5. The number of rotatable bonds is 5. The lowest BCUT2D eigenvalue weighted by Gasteiger charge is -2.10. The average molecular weight is 267 g/mol. The minimum atomic E-state index is -0.350. The highest BCUT2D eigenvalue weighted by atomic mass is 32.2. The van der Waals surface area contributed by atoms with Gasteiger partial charge in [-0.25, -0.2) is 4.79 Å². The molecule has 0 radical (unpaired) electrons. The monoisotopic (exact) mass is 267 g/mol. The maximum absolute atomic E-state index is 11.6. The van der Waals surface area contributed by atoms with E-state index in [1.807, 2.05) is 38.4 Å². The Morgan fingerprint density at radius 3 is 2.61 bits per heavy atom. The third kappa shape index (κ3) is 4.33. The Hall–Kier alpha value is -1.62. The van der Waals surface area contributed by atoms with Gasteiger partial charge in [-0.15, -0.1) is 0 Å². The number of hydrogen-bond donors (Lipinski definition) is 0. The van der Waals surface area contributed by atoms with E-state index in [1.54, 1.807) is 18.2 Å². The first kappa shape index (κ1) is 14.4. The van der Waals surface area contributed by atoms with E-state index in [-0.39, 0.29) is 5.97 Å². The molecule has 0 saturated heterocycles. The van der Waals surface area contributed by atoms with E-state index in [0.717, 1.165) is 10.6 Å². The largest absolute Gasteiger partial charge is 0.497 e. The van der Waals surface area contributed by atoms with Crippen LogP contribution >= 0.6 is 11.8 Å². The predicted molar refractivity (Wildman–Crippen MR) is 72.6 cm³/mol. The van der Waals surface area contributed by atoms with Crippen molar-refractivity contribution in [2.75, 3.05) is 28.3 Å². The SMILES string of the molecule is COC(=O)C(=CN(C)C)Sc1cccc(OC)c1. The van der Waals surface area contributed by atoms with Crippen molar-refractivity contribution in [3.05, 3.63) is 35.4 Å². The topological polar surface area (TPSA) is 38.8 Å². The molecule has 5 heteroatoms. The summed E-state index contributed by atoms with van der Waals surface area (Å²) in [5.74, 6) is 0.408. The zero-order chi connectivity index (χ0) is 13.5. The highest BCUT2D eigenvalue weighted by molar-refractivity contribution is 8.04. The molecule has 0 N–H and O–H groups in total. The molecule has 0 unspecified atom stereocenters. The number of thioether (sulfide) groups is 1. The van der Waals surface area contributed by atoms with Crippen molar-refractivity contribution < 1.29 is 14.3 Å². The quantitative estimate of drug-likeness (QED) is 0.465. The Balaban J connectivity index is 2.92. The lowest BCUT2D eigenvalue weighted by Crippen LogP contribution is -2.08. The fraction of sp³-hybridized carbons (Fsp3) is 0.308. The summed E-state index contributed by atoms with van der Waals surface area (Å²) < 4.78 is 9.90. The van der Waals surface area contributed by atoms with Crippen molar-refractivity contribution in [1.29, 1.82) is 0 Å². The summed E-state index contributed by atoms with van der Waals surface area (Å²) in [7, 11) is 6.70. The predicted octanol–water partition coefficient (Wildman–Crippen LogP) is 2.36. The van der Waals surface area contributed by atoms with Crippen LogP contribution in [0.1, 0.15) is 0 Å². The summed E-state index contributed by atoms with van der Waals surface area (Å²) in [4.78, 5) is 14.9. The molecule has 1 rings (SSSR count). The molecule has 0 heterocycles. The molecule has 0 aliphatic carbocycles. The van der Waals surface area contributed by atoms with Gasteiger partial charge in [-0.3, -0.25) is 0 Å². The molecule has 0 fully saturated rings. The van der Waals surface area contributed by atoms with E-state index >= 15 is 0 Å². The second-order valence-electron chi connectivity index (χ2n) is 3.73. The summed E-state index contributed by atoms with van der Waals surface area (Å²) >= 11 is 1.34. The molecule has 0 aliphatic rings. The molecule has 0 bridgehead atoms. The van der Waals surface area contributed by atoms with Crippen LogP contribution in [0.3, 0.4) is 0 Å². The molecular formula is C13H17NO3S. The molecule has 0 atom stereocenters. The van der Waals surface area contributed by atoms with Crippen LogP contribution in [0.25, 0.3) is 0 Å². The lowest BCUT2D eigenvalue weighted by molar-refractivity contribution is -0.135. The van der Waals surface area contributed by atoms with E-state index in [4.69, 9.17) is 9.47 Å². The number of benzene rings is 1. The first-order valence-corrected chi connectivity index (χ1v) is 6.17. The third-order valence-electron chi connectivity index (χ3n) is 2.03. The van der Waals surface area contributed by atoms with Gasteiger partial charge in [-0.05, 0) is 18.2 Å². The molecule has 0 saturated carbocycles. The van der Waals surface area contributed by atoms with Crippen LogP contribution in [-0.2, 0) is 9.53 Å². The van der Waals surface area contributed by atoms with Crippen molar-refractivity contribution in [3.8, 4) is 5.75 Å². The number of carbonyl (C=O) groups excluding carboxylic acids is 1. The van der Waals surface area contributed by atoms with Gasteiger partial charge in [0.15, 0.2) is 0 Å². The van der Waals surface area contributed by atoms with Crippen LogP contribution in [0.5, 0.6) is 5.75 Å².